The number of methoxy groups -OCH3 is 2. The Morgan fingerprint density at radius 3 is 2.50 bits per heavy atom. The van der Waals surface area contributed by atoms with Crippen LogP contribution in [-0.4, -0.2) is 25.5 Å². The average Bonchev–Trinajstić information content (AvgIpc) is 2.70. The minimum absolute atomic E-state index is 0.0316. The average molecular weight is 395 g/mol. The van der Waals surface area contributed by atoms with Crippen molar-refractivity contribution in [3.05, 3.63) is 52.6 Å². The minimum atomic E-state index is -2.71. The van der Waals surface area contributed by atoms with E-state index < -0.39 is 12.5 Å². The number of rotatable bonds is 7. The number of hydrogen-bond acceptors (Lipinski definition) is 5. The highest BCUT2D eigenvalue weighted by Gasteiger charge is 2.22. The number of nitrogens with zero attached hydrogens (tertiary/aromatic N) is 1. The summed E-state index contributed by atoms with van der Waals surface area (Å²) in [6.45, 7) is 3.50. The van der Waals surface area contributed by atoms with Crippen molar-refractivity contribution >= 4 is 11.8 Å². The number of alkyl halides is 2. The van der Waals surface area contributed by atoms with Gasteiger partial charge in [0, 0.05) is 0 Å². The molecule has 0 unspecified atom stereocenters. The number of amides is 1. The summed E-state index contributed by atoms with van der Waals surface area (Å²) < 4.78 is 42.4. The molecule has 2 aromatic rings. The third kappa shape index (κ3) is 4.51. The van der Waals surface area contributed by atoms with Crippen LogP contribution in [0, 0.1) is 6.92 Å². The molecule has 1 amide bonds. The van der Waals surface area contributed by atoms with Gasteiger partial charge in [0.1, 0.15) is 18.1 Å². The Hall–Kier alpha value is -2.87. The Morgan fingerprint density at radius 2 is 1.93 bits per heavy atom. The van der Waals surface area contributed by atoms with Gasteiger partial charge in [-0.05, 0) is 48.7 Å². The number of anilines is 1. The van der Waals surface area contributed by atoms with E-state index >= 15 is 0 Å². The van der Waals surface area contributed by atoms with Crippen LogP contribution in [-0.2, 0) is 17.8 Å². The summed E-state index contributed by atoms with van der Waals surface area (Å²) >= 11 is 0. The van der Waals surface area contributed by atoms with E-state index in [0.717, 1.165) is 18.2 Å². The highest BCUT2D eigenvalue weighted by molar-refractivity contribution is 5.86. The molecule has 152 valence electrons. The number of hydrogen-bond donors (Lipinski definition) is 1. The lowest BCUT2D eigenvalue weighted by Crippen LogP contribution is -2.28. The minimum Gasteiger partial charge on any atom is -0.496 e. The molecule has 0 heterocycles. The van der Waals surface area contributed by atoms with Gasteiger partial charge in [0.05, 0.1) is 31.0 Å². The van der Waals surface area contributed by atoms with Gasteiger partial charge in [-0.3, -0.25) is 5.21 Å². The molecule has 2 rings (SSSR count). The van der Waals surface area contributed by atoms with Crippen molar-refractivity contribution < 1.29 is 33.0 Å². The summed E-state index contributed by atoms with van der Waals surface area (Å²) in [5, 5.41) is 10.4. The highest BCUT2D eigenvalue weighted by atomic mass is 19.3. The topological polar surface area (TPSA) is 68.2 Å². The molecule has 6 nitrogen and oxygen atoms in total. The Bertz CT molecular complexity index is 842. The molecule has 2 aromatic carbocycles. The van der Waals surface area contributed by atoms with Gasteiger partial charge >= 0.3 is 6.09 Å². The van der Waals surface area contributed by atoms with Crippen LogP contribution in [0.25, 0.3) is 0 Å². The van der Waals surface area contributed by atoms with Gasteiger partial charge in [0.25, 0.3) is 6.43 Å². The summed E-state index contributed by atoms with van der Waals surface area (Å²) in [5.74, 6) is 0.352. The van der Waals surface area contributed by atoms with Gasteiger partial charge in [-0.1, -0.05) is 13.0 Å². The predicted octanol–water partition coefficient (Wildman–Crippen LogP) is 5.04. The third-order valence-corrected chi connectivity index (χ3v) is 4.36. The zero-order chi connectivity index (χ0) is 20.8. The molecular formula is C20H23F2NO5. The molecule has 8 heteroatoms. The van der Waals surface area contributed by atoms with Crippen molar-refractivity contribution in [3.63, 3.8) is 0 Å². The maximum Gasteiger partial charge on any atom is 0.438 e. The molecule has 0 aromatic heterocycles. The molecule has 0 bridgehead atoms. The van der Waals surface area contributed by atoms with Crippen LogP contribution in [0.2, 0.25) is 0 Å². The number of hydroxylamine groups is 1. The first kappa shape index (κ1) is 21.4. The molecule has 0 aliphatic carbocycles. The zero-order valence-corrected chi connectivity index (χ0v) is 16.2. The number of carbonyl (C=O) groups is 1. The monoisotopic (exact) mass is 395 g/mol. The van der Waals surface area contributed by atoms with Crippen molar-refractivity contribution in [3.8, 4) is 11.5 Å². The second-order valence-electron chi connectivity index (χ2n) is 6.00. The van der Waals surface area contributed by atoms with Gasteiger partial charge in [-0.2, -0.15) is 5.06 Å². The zero-order valence-electron chi connectivity index (χ0n) is 16.2. The molecule has 1 N–H and O–H groups in total. The van der Waals surface area contributed by atoms with Crippen LogP contribution in [0.15, 0.2) is 30.3 Å². The van der Waals surface area contributed by atoms with Crippen molar-refractivity contribution in [2.45, 2.75) is 33.3 Å². The predicted molar refractivity (Wildman–Crippen MR) is 99.5 cm³/mol. The first-order valence-electron chi connectivity index (χ1n) is 8.61. The first-order chi connectivity index (χ1) is 13.3. The lowest BCUT2D eigenvalue weighted by molar-refractivity contribution is 0.140. The third-order valence-electron chi connectivity index (χ3n) is 4.36. The lowest BCUT2D eigenvalue weighted by atomic mass is 10.0. The molecule has 0 aliphatic heterocycles. The molecular weight excluding hydrogens is 372 g/mol. The number of benzene rings is 2. The fourth-order valence-electron chi connectivity index (χ4n) is 2.85. The summed E-state index contributed by atoms with van der Waals surface area (Å²) in [5.41, 5.74) is 1.79. The smallest absolute Gasteiger partial charge is 0.438 e. The number of carbonyl (C=O) groups excluding carboxylic acids is 1. The molecule has 0 radical (unpaired) electrons. The SMILES string of the molecule is CCc1cc(C(F)F)c(OCc2c(OC)cccc2N(O)C(=O)OC)cc1C. The summed E-state index contributed by atoms with van der Waals surface area (Å²) in [6.07, 6.45) is -3.09. The van der Waals surface area contributed by atoms with Crippen LogP contribution in [0.1, 0.15) is 35.6 Å². The van der Waals surface area contributed by atoms with Crippen LogP contribution in [0.5, 0.6) is 11.5 Å². The summed E-state index contributed by atoms with van der Waals surface area (Å²) in [7, 11) is 2.53. The Labute approximate surface area is 162 Å². The Balaban J connectivity index is 2.42. The van der Waals surface area contributed by atoms with Gasteiger partial charge in [0.15, 0.2) is 0 Å². The van der Waals surface area contributed by atoms with E-state index in [1.165, 1.54) is 19.2 Å². The number of ether oxygens (including phenoxy) is 3. The fraction of sp³-hybridized carbons (Fsp3) is 0.350. The van der Waals surface area contributed by atoms with E-state index in [1.54, 1.807) is 18.2 Å². The van der Waals surface area contributed by atoms with Crippen LogP contribution in [0.3, 0.4) is 0 Å². The standard InChI is InChI=1S/C20H23F2NO5/c1-5-13-10-14(19(21)22)18(9-12(13)2)28-11-15-16(23(25)20(24)27-4)7-6-8-17(15)26-3/h6-10,19,25H,5,11H2,1-4H3. The van der Waals surface area contributed by atoms with Gasteiger partial charge in [-0.25, -0.2) is 13.6 Å². The van der Waals surface area contributed by atoms with E-state index in [-0.39, 0.29) is 23.6 Å². The number of halogens is 2. The first-order valence-corrected chi connectivity index (χ1v) is 8.61. The second-order valence-corrected chi connectivity index (χ2v) is 6.00. The maximum atomic E-state index is 13.5. The van der Waals surface area contributed by atoms with Crippen molar-refractivity contribution in [2.24, 2.45) is 0 Å². The van der Waals surface area contributed by atoms with Crippen molar-refractivity contribution in [2.75, 3.05) is 19.3 Å². The van der Waals surface area contributed by atoms with E-state index in [0.29, 0.717) is 22.8 Å². The normalized spacial score (nSPS) is 10.7. The maximum absolute atomic E-state index is 13.5. The molecule has 28 heavy (non-hydrogen) atoms. The largest absolute Gasteiger partial charge is 0.496 e. The molecule has 0 spiro atoms. The van der Waals surface area contributed by atoms with Crippen molar-refractivity contribution in [1.29, 1.82) is 0 Å². The van der Waals surface area contributed by atoms with Gasteiger partial charge < -0.3 is 14.2 Å². The quantitative estimate of drug-likeness (QED) is 0.525. The highest BCUT2D eigenvalue weighted by Crippen LogP contribution is 2.35. The van der Waals surface area contributed by atoms with E-state index in [2.05, 4.69) is 4.74 Å². The van der Waals surface area contributed by atoms with E-state index in [1.807, 2.05) is 13.8 Å². The fourth-order valence-corrected chi connectivity index (χ4v) is 2.85. The molecule has 0 saturated heterocycles. The number of aryl methyl sites for hydroxylation is 2. The van der Waals surface area contributed by atoms with E-state index in [4.69, 9.17) is 9.47 Å². The van der Waals surface area contributed by atoms with Gasteiger partial charge in [0.2, 0.25) is 0 Å². The molecule has 0 fully saturated rings. The van der Waals surface area contributed by atoms with E-state index in [9.17, 15) is 18.8 Å². The molecule has 0 saturated carbocycles. The van der Waals surface area contributed by atoms with Crippen LogP contribution < -0.4 is 14.5 Å². The van der Waals surface area contributed by atoms with Gasteiger partial charge in [-0.15, -0.1) is 0 Å². The molecule has 0 aliphatic rings. The second kappa shape index (κ2) is 9.36. The Morgan fingerprint density at radius 1 is 1.21 bits per heavy atom. The summed E-state index contributed by atoms with van der Waals surface area (Å²) in [4.78, 5) is 11.7. The van der Waals surface area contributed by atoms with Crippen LogP contribution in [0.4, 0.5) is 19.3 Å². The van der Waals surface area contributed by atoms with Crippen molar-refractivity contribution in [1.82, 2.24) is 0 Å². The van der Waals surface area contributed by atoms with Crippen LogP contribution >= 0.6 is 0 Å². The summed E-state index contributed by atoms with van der Waals surface area (Å²) in [6, 6.07) is 7.62. The molecule has 0 atom stereocenters. The lowest BCUT2D eigenvalue weighted by Gasteiger charge is -2.20. The Kier molecular flexibility index (Phi) is 7.17.